The standard InChI is InChI=1S/C27H33F5N4O4Si/c1-26(2)12-17(40-26)13-34-25(37)35-16-10-19(28)23(20(29)11-16)39-21-6-7-33-24-22(21)18(27(30,31)32)14-36(24)15-38-8-9-41(3,4)5/h6-7,10-11,14,17H,8-9,12-13,15H2,1-5H3,(H2,34,35,37). The Hall–Kier alpha value is -3.23. The van der Waals surface area contributed by atoms with Crippen LogP contribution in [0, 0.1) is 11.6 Å². The van der Waals surface area contributed by atoms with Crippen molar-refractivity contribution < 1.29 is 41.0 Å². The molecule has 0 spiro atoms. The Balaban J connectivity index is 1.52. The monoisotopic (exact) mass is 600 g/mol. The number of hydrogen-bond donors (Lipinski definition) is 2. The van der Waals surface area contributed by atoms with Crippen LogP contribution in [0.1, 0.15) is 25.8 Å². The number of nitrogens with one attached hydrogen (secondary N) is 2. The zero-order valence-corrected chi connectivity index (χ0v) is 24.4. The Kier molecular flexibility index (Phi) is 8.67. The van der Waals surface area contributed by atoms with E-state index in [1.807, 2.05) is 13.8 Å². The molecule has 0 radical (unpaired) electrons. The van der Waals surface area contributed by atoms with Crippen molar-refractivity contribution in [1.82, 2.24) is 14.9 Å². The number of aromatic nitrogens is 2. The zero-order chi connectivity index (χ0) is 30.2. The highest BCUT2D eigenvalue weighted by Crippen LogP contribution is 2.42. The van der Waals surface area contributed by atoms with Gasteiger partial charge in [0.15, 0.2) is 17.4 Å². The number of amides is 2. The normalized spacial score (nSPS) is 16.9. The number of urea groups is 1. The second kappa shape index (κ2) is 11.6. The molecule has 41 heavy (non-hydrogen) atoms. The fourth-order valence-corrected chi connectivity index (χ4v) is 5.21. The van der Waals surface area contributed by atoms with Crippen LogP contribution in [0.25, 0.3) is 11.0 Å². The van der Waals surface area contributed by atoms with Crippen LogP contribution >= 0.6 is 0 Å². The lowest BCUT2D eigenvalue weighted by molar-refractivity contribution is -0.180. The van der Waals surface area contributed by atoms with E-state index in [1.165, 1.54) is 10.8 Å². The summed E-state index contributed by atoms with van der Waals surface area (Å²) in [6, 6.07) is 2.82. The molecule has 1 aliphatic heterocycles. The third-order valence-electron chi connectivity index (χ3n) is 6.41. The van der Waals surface area contributed by atoms with Crippen LogP contribution < -0.4 is 15.4 Å². The van der Waals surface area contributed by atoms with Gasteiger partial charge in [0.25, 0.3) is 0 Å². The van der Waals surface area contributed by atoms with Gasteiger partial charge in [-0.3, -0.25) is 0 Å². The van der Waals surface area contributed by atoms with Crippen molar-refractivity contribution in [2.45, 2.75) is 70.6 Å². The van der Waals surface area contributed by atoms with Crippen molar-refractivity contribution in [2.75, 3.05) is 18.5 Å². The summed E-state index contributed by atoms with van der Waals surface area (Å²) >= 11 is 0. The topological polar surface area (TPSA) is 86.6 Å². The lowest BCUT2D eigenvalue weighted by Gasteiger charge is -2.43. The molecule has 2 amide bonds. The molecule has 0 bridgehead atoms. The van der Waals surface area contributed by atoms with E-state index in [2.05, 4.69) is 35.3 Å². The second-order valence-corrected chi connectivity index (χ2v) is 17.4. The van der Waals surface area contributed by atoms with Crippen molar-refractivity contribution in [2.24, 2.45) is 0 Å². The van der Waals surface area contributed by atoms with Crippen LogP contribution in [-0.2, 0) is 22.4 Å². The molecule has 1 fully saturated rings. The molecule has 3 aromatic rings. The van der Waals surface area contributed by atoms with Gasteiger partial charge in [0.1, 0.15) is 18.1 Å². The summed E-state index contributed by atoms with van der Waals surface area (Å²) < 4.78 is 89.5. The van der Waals surface area contributed by atoms with Crippen LogP contribution in [0.5, 0.6) is 11.5 Å². The van der Waals surface area contributed by atoms with Crippen LogP contribution in [0.15, 0.2) is 30.6 Å². The summed E-state index contributed by atoms with van der Waals surface area (Å²) in [6.07, 6.45) is -2.20. The Morgan fingerprint density at radius 3 is 2.46 bits per heavy atom. The molecule has 2 N–H and O–H groups in total. The highest BCUT2D eigenvalue weighted by atomic mass is 28.3. The van der Waals surface area contributed by atoms with E-state index in [0.717, 1.165) is 36.9 Å². The fourth-order valence-electron chi connectivity index (χ4n) is 4.45. The number of carbonyl (C=O) groups is 1. The van der Waals surface area contributed by atoms with E-state index in [9.17, 15) is 26.7 Å². The van der Waals surface area contributed by atoms with Gasteiger partial charge in [0.05, 0.1) is 22.7 Å². The lowest BCUT2D eigenvalue weighted by atomic mass is 9.93. The van der Waals surface area contributed by atoms with E-state index in [1.54, 1.807) is 0 Å². The minimum Gasteiger partial charge on any atom is -0.450 e. The molecule has 224 valence electrons. The molecule has 8 nitrogen and oxygen atoms in total. The molecule has 1 aliphatic rings. The Morgan fingerprint density at radius 1 is 1.22 bits per heavy atom. The molecule has 3 heterocycles. The molecule has 1 saturated heterocycles. The third-order valence-corrected chi connectivity index (χ3v) is 8.12. The Morgan fingerprint density at radius 2 is 1.88 bits per heavy atom. The van der Waals surface area contributed by atoms with Crippen molar-refractivity contribution in [1.29, 1.82) is 0 Å². The van der Waals surface area contributed by atoms with E-state index in [4.69, 9.17) is 14.2 Å². The number of halogens is 5. The van der Waals surface area contributed by atoms with Crippen LogP contribution in [0.2, 0.25) is 25.7 Å². The maximum Gasteiger partial charge on any atom is 0.418 e. The summed E-state index contributed by atoms with van der Waals surface area (Å²) in [5.41, 5.74) is -1.66. The molecule has 14 heteroatoms. The number of benzene rings is 1. The molecule has 2 aromatic heterocycles. The van der Waals surface area contributed by atoms with Crippen molar-refractivity contribution in [3.8, 4) is 11.5 Å². The molecule has 1 atom stereocenters. The molecule has 1 unspecified atom stereocenters. The first-order valence-corrected chi connectivity index (χ1v) is 16.8. The summed E-state index contributed by atoms with van der Waals surface area (Å²) in [5, 5.41) is 4.41. The van der Waals surface area contributed by atoms with Crippen molar-refractivity contribution in [3.05, 3.63) is 47.8 Å². The number of anilines is 1. The van der Waals surface area contributed by atoms with Gasteiger partial charge in [-0.05, 0) is 26.0 Å². The Labute approximate surface area is 235 Å². The van der Waals surface area contributed by atoms with Gasteiger partial charge in [0, 0.05) is 57.9 Å². The van der Waals surface area contributed by atoms with Crippen molar-refractivity contribution in [3.63, 3.8) is 0 Å². The molecule has 0 aliphatic carbocycles. The van der Waals surface area contributed by atoms with Gasteiger partial charge in [-0.2, -0.15) is 13.2 Å². The first-order valence-electron chi connectivity index (χ1n) is 13.0. The first kappa shape index (κ1) is 30.7. The highest BCUT2D eigenvalue weighted by Gasteiger charge is 2.38. The summed E-state index contributed by atoms with van der Waals surface area (Å²) in [7, 11) is -1.42. The lowest BCUT2D eigenvalue weighted by Crippen LogP contribution is -2.51. The number of rotatable bonds is 10. The first-order chi connectivity index (χ1) is 19.0. The summed E-state index contributed by atoms with van der Waals surface area (Å²) in [5.74, 6) is -3.82. The molecule has 4 rings (SSSR count). The number of nitrogens with zero attached hydrogens (tertiary/aromatic N) is 2. The molecular weight excluding hydrogens is 567 g/mol. The van der Waals surface area contributed by atoms with Gasteiger partial charge >= 0.3 is 12.2 Å². The molecular formula is C27H33F5N4O4Si. The number of alkyl halides is 3. The quantitative estimate of drug-likeness (QED) is 0.147. The second-order valence-electron chi connectivity index (χ2n) is 11.8. The van der Waals surface area contributed by atoms with Crippen LogP contribution in [0.3, 0.4) is 0 Å². The minimum absolute atomic E-state index is 0.113. The van der Waals surface area contributed by atoms with E-state index < -0.39 is 54.4 Å². The molecule has 0 saturated carbocycles. The average molecular weight is 601 g/mol. The Bertz CT molecular complexity index is 1390. The van der Waals surface area contributed by atoms with Gasteiger partial charge in [-0.1, -0.05) is 19.6 Å². The number of hydrogen-bond acceptors (Lipinski definition) is 5. The van der Waals surface area contributed by atoms with Gasteiger partial charge in [0.2, 0.25) is 0 Å². The van der Waals surface area contributed by atoms with Gasteiger partial charge < -0.3 is 29.4 Å². The fraction of sp³-hybridized carbons (Fsp3) is 0.481. The van der Waals surface area contributed by atoms with Crippen molar-refractivity contribution >= 4 is 30.8 Å². The highest BCUT2D eigenvalue weighted by molar-refractivity contribution is 6.76. The smallest absolute Gasteiger partial charge is 0.418 e. The van der Waals surface area contributed by atoms with Gasteiger partial charge in [-0.15, -0.1) is 0 Å². The number of fused-ring (bicyclic) bond motifs is 1. The van der Waals surface area contributed by atoms with Gasteiger partial charge in [-0.25, -0.2) is 18.6 Å². The SMILES string of the molecule is CC1(C)CC(CNC(=O)Nc2cc(F)c(Oc3ccnc4c3c(C(F)(F)F)cn4COCC[Si](C)(C)C)c(F)c2)O1. The van der Waals surface area contributed by atoms with Crippen LogP contribution in [-0.4, -0.2) is 48.5 Å². The third kappa shape index (κ3) is 7.74. The van der Waals surface area contributed by atoms with E-state index >= 15 is 0 Å². The summed E-state index contributed by atoms with van der Waals surface area (Å²) in [6.45, 7) is 10.7. The predicted molar refractivity (Wildman–Crippen MR) is 146 cm³/mol. The van der Waals surface area contributed by atoms with E-state index in [0.29, 0.717) is 6.61 Å². The average Bonchev–Trinajstić information content (AvgIpc) is 3.21. The largest absolute Gasteiger partial charge is 0.450 e. The van der Waals surface area contributed by atoms with Crippen LogP contribution in [0.4, 0.5) is 32.4 Å². The number of pyridine rings is 1. The predicted octanol–water partition coefficient (Wildman–Crippen LogP) is 7.13. The number of carbonyl (C=O) groups excluding carboxylic acids is 1. The maximum atomic E-state index is 14.9. The summed E-state index contributed by atoms with van der Waals surface area (Å²) in [4.78, 5) is 16.2. The maximum absolute atomic E-state index is 14.9. The minimum atomic E-state index is -4.80. The van der Waals surface area contributed by atoms with E-state index in [-0.39, 0.29) is 36.3 Å². The zero-order valence-electron chi connectivity index (χ0n) is 23.4. The number of ether oxygens (including phenoxy) is 3. The molecule has 1 aromatic carbocycles.